The predicted molar refractivity (Wildman–Crippen MR) is 189 cm³/mol. The monoisotopic (exact) mass is 681 g/mol. The Morgan fingerprint density at radius 3 is 2.24 bits per heavy atom. The fraction of sp³-hybridized carbons (Fsp3) is 0.350. The number of nitrogens with zero attached hydrogens (tertiary/aromatic N) is 1. The van der Waals surface area contributed by atoms with Crippen molar-refractivity contribution in [2.45, 2.75) is 76.4 Å². The van der Waals surface area contributed by atoms with Crippen molar-refractivity contribution in [3.05, 3.63) is 131 Å². The van der Waals surface area contributed by atoms with Gasteiger partial charge in [0.25, 0.3) is 0 Å². The molecule has 1 fully saturated rings. The van der Waals surface area contributed by atoms with Gasteiger partial charge in [-0.2, -0.15) is 0 Å². The Labute approximate surface area is 293 Å². The first kappa shape index (κ1) is 36.9. The zero-order valence-corrected chi connectivity index (χ0v) is 28.6. The van der Waals surface area contributed by atoms with E-state index in [0.29, 0.717) is 25.9 Å². The second-order valence-electron chi connectivity index (χ2n) is 12.9. The SMILES string of the molecule is C[C@H]([C@@H](O)c1ccccc1)N(C)C[C@H]1C[C@@H](c2ccc(CO)cc2)O[C@@H](c2ccc(-c3cccc(CNC(=O)CCCC(=O)NO)c3)cc2)O1. The molecule has 0 saturated carbocycles. The van der Waals surface area contributed by atoms with E-state index >= 15 is 0 Å². The van der Waals surface area contributed by atoms with E-state index in [-0.39, 0.29) is 43.6 Å². The van der Waals surface area contributed by atoms with E-state index in [4.69, 9.17) is 14.7 Å². The molecule has 1 aliphatic heterocycles. The number of amides is 2. The molecule has 1 saturated heterocycles. The summed E-state index contributed by atoms with van der Waals surface area (Å²) in [4.78, 5) is 25.5. The zero-order valence-electron chi connectivity index (χ0n) is 28.6. The third kappa shape index (κ3) is 10.1. The highest BCUT2D eigenvalue weighted by atomic mass is 16.7. The molecule has 264 valence electrons. The molecule has 5 N–H and O–H groups in total. The lowest BCUT2D eigenvalue weighted by Gasteiger charge is -2.39. The molecule has 5 rings (SSSR count). The van der Waals surface area contributed by atoms with Crippen molar-refractivity contribution in [3.63, 3.8) is 0 Å². The van der Waals surface area contributed by atoms with Gasteiger partial charge in [0.05, 0.1) is 24.9 Å². The van der Waals surface area contributed by atoms with Gasteiger partial charge in [0, 0.05) is 44.0 Å². The van der Waals surface area contributed by atoms with Crippen LogP contribution in [-0.2, 0) is 32.2 Å². The van der Waals surface area contributed by atoms with Crippen LogP contribution in [0.25, 0.3) is 11.1 Å². The first-order valence-electron chi connectivity index (χ1n) is 17.1. The van der Waals surface area contributed by atoms with Gasteiger partial charge in [-0.05, 0) is 59.8 Å². The van der Waals surface area contributed by atoms with Crippen LogP contribution >= 0.6 is 0 Å². The van der Waals surface area contributed by atoms with Gasteiger partial charge in [-0.1, -0.05) is 97.1 Å². The molecule has 10 nitrogen and oxygen atoms in total. The molecule has 0 unspecified atom stereocenters. The molecule has 10 heteroatoms. The number of hydroxylamine groups is 1. The lowest BCUT2D eigenvalue weighted by molar-refractivity contribution is -0.253. The minimum Gasteiger partial charge on any atom is -0.392 e. The molecule has 0 spiro atoms. The molecule has 5 atom stereocenters. The molecule has 1 heterocycles. The fourth-order valence-corrected chi connectivity index (χ4v) is 6.14. The second-order valence-corrected chi connectivity index (χ2v) is 12.9. The summed E-state index contributed by atoms with van der Waals surface area (Å²) in [5, 5.41) is 32.1. The lowest BCUT2D eigenvalue weighted by atomic mass is 9.98. The number of rotatable bonds is 15. The third-order valence-corrected chi connectivity index (χ3v) is 9.27. The van der Waals surface area contributed by atoms with Crippen LogP contribution in [0.2, 0.25) is 0 Å². The maximum atomic E-state index is 12.2. The van der Waals surface area contributed by atoms with Crippen LogP contribution in [0.3, 0.4) is 0 Å². The molecule has 0 aromatic heterocycles. The smallest absolute Gasteiger partial charge is 0.243 e. The minimum atomic E-state index is -0.645. The van der Waals surface area contributed by atoms with Crippen LogP contribution < -0.4 is 10.8 Å². The van der Waals surface area contributed by atoms with Gasteiger partial charge in [-0.25, -0.2) is 5.48 Å². The summed E-state index contributed by atoms with van der Waals surface area (Å²) in [5.74, 6) is -0.671. The molecule has 0 aliphatic carbocycles. The zero-order chi connectivity index (χ0) is 35.5. The number of carbonyl (C=O) groups is 2. The van der Waals surface area contributed by atoms with E-state index in [9.17, 15) is 19.8 Å². The van der Waals surface area contributed by atoms with Gasteiger partial charge >= 0.3 is 0 Å². The number of likely N-dealkylation sites (N-methyl/N-ethyl adjacent to an activating group) is 1. The van der Waals surface area contributed by atoms with Gasteiger partial charge in [0.15, 0.2) is 6.29 Å². The number of hydrogen-bond acceptors (Lipinski definition) is 8. The van der Waals surface area contributed by atoms with Crippen molar-refractivity contribution in [1.82, 2.24) is 15.7 Å². The van der Waals surface area contributed by atoms with Crippen molar-refractivity contribution >= 4 is 11.8 Å². The number of aliphatic hydroxyl groups excluding tert-OH is 2. The summed E-state index contributed by atoms with van der Waals surface area (Å²) in [6, 6.07) is 33.4. The Bertz CT molecular complexity index is 1670. The van der Waals surface area contributed by atoms with Crippen LogP contribution in [-0.4, -0.2) is 57.9 Å². The Balaban J connectivity index is 1.26. The summed E-state index contributed by atoms with van der Waals surface area (Å²) >= 11 is 0. The van der Waals surface area contributed by atoms with Gasteiger partial charge in [0.2, 0.25) is 11.8 Å². The van der Waals surface area contributed by atoms with E-state index < -0.39 is 18.3 Å². The van der Waals surface area contributed by atoms with Crippen LogP contribution in [0, 0.1) is 0 Å². The first-order valence-corrected chi connectivity index (χ1v) is 17.1. The average molecular weight is 682 g/mol. The summed E-state index contributed by atoms with van der Waals surface area (Å²) in [6.07, 6.45) is -0.402. The second kappa shape index (κ2) is 18.0. The molecule has 4 aromatic rings. The Morgan fingerprint density at radius 2 is 1.54 bits per heavy atom. The molecule has 2 amide bonds. The fourth-order valence-electron chi connectivity index (χ4n) is 6.14. The average Bonchev–Trinajstić information content (AvgIpc) is 3.16. The number of ether oxygens (including phenoxy) is 2. The van der Waals surface area contributed by atoms with E-state index in [1.807, 2.05) is 117 Å². The van der Waals surface area contributed by atoms with Crippen LogP contribution in [0.5, 0.6) is 0 Å². The molecule has 0 radical (unpaired) electrons. The number of hydrogen-bond donors (Lipinski definition) is 5. The third-order valence-electron chi connectivity index (χ3n) is 9.27. The van der Waals surface area contributed by atoms with Crippen molar-refractivity contribution in [1.29, 1.82) is 0 Å². The topological polar surface area (TPSA) is 141 Å². The largest absolute Gasteiger partial charge is 0.392 e. The van der Waals surface area contributed by atoms with E-state index in [1.54, 1.807) is 5.48 Å². The highest BCUT2D eigenvalue weighted by Gasteiger charge is 2.34. The minimum absolute atomic E-state index is 0.0239. The van der Waals surface area contributed by atoms with Crippen LogP contribution in [0.15, 0.2) is 103 Å². The van der Waals surface area contributed by atoms with Crippen LogP contribution in [0.4, 0.5) is 0 Å². The predicted octanol–water partition coefficient (Wildman–Crippen LogP) is 5.74. The van der Waals surface area contributed by atoms with Crippen molar-refractivity contribution in [2.75, 3.05) is 13.6 Å². The Morgan fingerprint density at radius 1 is 0.840 bits per heavy atom. The van der Waals surface area contributed by atoms with Gasteiger partial charge in [0.1, 0.15) is 0 Å². The summed E-state index contributed by atoms with van der Waals surface area (Å²) in [6.45, 7) is 2.95. The van der Waals surface area contributed by atoms with Crippen molar-refractivity contribution in [3.8, 4) is 11.1 Å². The molecular weight excluding hydrogens is 634 g/mol. The normalized spacial score (nSPS) is 18.7. The maximum Gasteiger partial charge on any atom is 0.243 e. The molecule has 1 aliphatic rings. The van der Waals surface area contributed by atoms with E-state index in [0.717, 1.165) is 38.9 Å². The molecule has 4 aromatic carbocycles. The number of benzene rings is 4. The summed E-state index contributed by atoms with van der Waals surface area (Å²) in [7, 11) is 2.00. The Kier molecular flexibility index (Phi) is 13.3. The van der Waals surface area contributed by atoms with E-state index in [1.165, 1.54) is 0 Å². The van der Waals surface area contributed by atoms with Gasteiger partial charge in [-0.15, -0.1) is 0 Å². The number of carbonyl (C=O) groups excluding carboxylic acids is 2. The molecule has 0 bridgehead atoms. The first-order chi connectivity index (χ1) is 24.2. The standard InChI is InChI=1S/C40H47N3O7/c1-27(39(47)32-9-4-3-5-10-32)43(2)25-35-23-36(31-16-14-28(26-44)15-17-31)50-40(49-35)33-20-18-30(19-21-33)34-11-6-8-29(22-34)24-41-37(45)12-7-13-38(46)42-48/h3-6,8-11,14-22,27,35-36,39-40,44,47-48H,7,12-13,23-26H2,1-2H3,(H,41,45)(H,42,46)/t27-,35-,36+,39-,40+/m1/s1. The van der Waals surface area contributed by atoms with Crippen LogP contribution in [0.1, 0.15) is 78.9 Å². The van der Waals surface area contributed by atoms with Crippen molar-refractivity contribution in [2.24, 2.45) is 0 Å². The molecule has 50 heavy (non-hydrogen) atoms. The highest BCUT2D eigenvalue weighted by Crippen LogP contribution is 2.39. The van der Waals surface area contributed by atoms with Gasteiger partial charge in [-0.3, -0.25) is 19.7 Å². The summed E-state index contributed by atoms with van der Waals surface area (Å²) < 4.78 is 13.1. The quantitative estimate of drug-likeness (QED) is 0.0791. The lowest BCUT2D eigenvalue weighted by Crippen LogP contribution is -2.43. The number of aliphatic hydroxyl groups is 2. The van der Waals surface area contributed by atoms with Gasteiger partial charge < -0.3 is 25.0 Å². The maximum absolute atomic E-state index is 12.2. The number of nitrogens with one attached hydrogen (secondary N) is 2. The van der Waals surface area contributed by atoms with Crippen molar-refractivity contribution < 1.29 is 34.5 Å². The summed E-state index contributed by atoms with van der Waals surface area (Å²) in [5.41, 5.74) is 8.12. The van der Waals surface area contributed by atoms with E-state index in [2.05, 4.69) is 10.2 Å². The molecular formula is C40H47N3O7. The Hall–Kier alpha value is -4.42. The highest BCUT2D eigenvalue weighted by molar-refractivity contribution is 5.78.